The molecule has 0 heterocycles. The van der Waals surface area contributed by atoms with Crippen LogP contribution in [0.5, 0.6) is 0 Å². The van der Waals surface area contributed by atoms with E-state index in [-0.39, 0.29) is 11.4 Å². The summed E-state index contributed by atoms with van der Waals surface area (Å²) in [6.07, 6.45) is 11.5. The van der Waals surface area contributed by atoms with E-state index in [2.05, 4.69) is 6.58 Å². The molecule has 0 N–H and O–H groups in total. The summed E-state index contributed by atoms with van der Waals surface area (Å²) >= 11 is 0. The van der Waals surface area contributed by atoms with Gasteiger partial charge in [-0.25, -0.2) is 4.39 Å². The van der Waals surface area contributed by atoms with Crippen LogP contribution in [0.3, 0.4) is 0 Å². The van der Waals surface area contributed by atoms with Gasteiger partial charge in [-0.1, -0.05) is 23.3 Å². The number of hydrogen-bond donors (Lipinski definition) is 0. The molecule has 0 amide bonds. The van der Waals surface area contributed by atoms with Gasteiger partial charge in [-0.15, -0.1) is 6.58 Å². The molecule has 0 spiro atoms. The molecule has 2 aliphatic carbocycles. The third-order valence-electron chi connectivity index (χ3n) is 5.54. The summed E-state index contributed by atoms with van der Waals surface area (Å²) in [5.41, 5.74) is 4.51. The highest BCUT2D eigenvalue weighted by molar-refractivity contribution is 5.36. The lowest BCUT2D eigenvalue weighted by Crippen LogP contribution is -2.17. The van der Waals surface area contributed by atoms with Gasteiger partial charge < -0.3 is 0 Å². The van der Waals surface area contributed by atoms with Crippen LogP contribution in [0.2, 0.25) is 0 Å². The zero-order valence-corrected chi connectivity index (χ0v) is 13.7. The van der Waals surface area contributed by atoms with E-state index in [4.69, 9.17) is 5.26 Å². The summed E-state index contributed by atoms with van der Waals surface area (Å²) in [7, 11) is 0. The fourth-order valence-electron chi connectivity index (χ4n) is 4.18. The van der Waals surface area contributed by atoms with Crippen molar-refractivity contribution >= 4 is 0 Å². The Hall–Kier alpha value is -1.88. The number of halogens is 1. The molecule has 3 rings (SSSR count). The Balaban J connectivity index is 1.69. The van der Waals surface area contributed by atoms with E-state index in [9.17, 15) is 4.39 Å². The van der Waals surface area contributed by atoms with Crippen molar-refractivity contribution in [2.24, 2.45) is 5.92 Å². The van der Waals surface area contributed by atoms with Gasteiger partial charge in [-0.05, 0) is 80.9 Å². The average Bonchev–Trinajstić information content (AvgIpc) is 2.59. The predicted octanol–water partition coefficient (Wildman–Crippen LogP) is 6.03. The maximum Gasteiger partial charge on any atom is 0.141 e. The molecule has 0 aromatic heterocycles. The second-order valence-electron chi connectivity index (χ2n) is 6.97. The van der Waals surface area contributed by atoms with Crippen LogP contribution in [-0.2, 0) is 0 Å². The number of hydrogen-bond acceptors (Lipinski definition) is 1. The second-order valence-corrected chi connectivity index (χ2v) is 6.97. The van der Waals surface area contributed by atoms with Crippen LogP contribution < -0.4 is 0 Å². The van der Waals surface area contributed by atoms with Gasteiger partial charge in [0, 0.05) is 0 Å². The zero-order valence-electron chi connectivity index (χ0n) is 13.7. The molecule has 2 unspecified atom stereocenters. The summed E-state index contributed by atoms with van der Waals surface area (Å²) in [4.78, 5) is 0. The molecule has 0 saturated heterocycles. The lowest BCUT2D eigenvalue weighted by atomic mass is 9.71. The van der Waals surface area contributed by atoms with E-state index in [0.717, 1.165) is 37.2 Å². The second kappa shape index (κ2) is 7.13. The van der Waals surface area contributed by atoms with Crippen LogP contribution in [0.4, 0.5) is 4.39 Å². The minimum atomic E-state index is -0.377. The van der Waals surface area contributed by atoms with E-state index in [0.29, 0.717) is 5.92 Å². The third-order valence-corrected chi connectivity index (χ3v) is 5.54. The van der Waals surface area contributed by atoms with Crippen LogP contribution in [0.1, 0.15) is 68.4 Å². The van der Waals surface area contributed by atoms with E-state index in [1.54, 1.807) is 23.3 Å². The lowest BCUT2D eigenvalue weighted by molar-refractivity contribution is 0.391. The number of benzene rings is 1. The molecule has 0 bridgehead atoms. The molecule has 2 aliphatic rings. The normalized spacial score (nSPS) is 24.0. The Morgan fingerprint density at radius 1 is 1.22 bits per heavy atom. The van der Waals surface area contributed by atoms with Gasteiger partial charge in [0.05, 0.1) is 5.56 Å². The third kappa shape index (κ3) is 3.55. The van der Waals surface area contributed by atoms with E-state index in [1.807, 2.05) is 18.2 Å². The zero-order chi connectivity index (χ0) is 16.2. The molecule has 0 radical (unpaired) electrons. The van der Waals surface area contributed by atoms with Crippen molar-refractivity contribution in [2.45, 2.75) is 57.3 Å². The molecule has 120 valence electrons. The number of nitrogens with zero attached hydrogens (tertiary/aromatic N) is 1. The SMILES string of the molecule is C=CCCC1CCC2=C(CCC(c3ccc(C#N)c(F)c3)C2)C1. The van der Waals surface area contributed by atoms with E-state index in [1.165, 1.54) is 25.7 Å². The standard InChI is InChI=1S/C21H24FN/c1-2-3-4-15-5-6-17-12-18(8-7-16(17)11-15)19-9-10-20(14-23)21(22)13-19/h2,9-10,13,15,18H,1,3-8,11-12H2. The molecular weight excluding hydrogens is 285 g/mol. The minimum absolute atomic E-state index is 0.146. The Kier molecular flexibility index (Phi) is 4.96. The molecule has 0 fully saturated rings. The summed E-state index contributed by atoms with van der Waals surface area (Å²) in [6, 6.07) is 7.04. The average molecular weight is 309 g/mol. The van der Waals surface area contributed by atoms with Gasteiger partial charge >= 0.3 is 0 Å². The van der Waals surface area contributed by atoms with Gasteiger partial charge in [0.2, 0.25) is 0 Å². The molecule has 1 aromatic rings. The molecule has 1 aromatic carbocycles. The first kappa shape index (κ1) is 16.0. The highest BCUT2D eigenvalue weighted by Crippen LogP contribution is 2.44. The van der Waals surface area contributed by atoms with Gasteiger partial charge in [0.15, 0.2) is 0 Å². The van der Waals surface area contributed by atoms with Crippen molar-refractivity contribution < 1.29 is 4.39 Å². The molecule has 1 nitrogen and oxygen atoms in total. The first-order valence-electron chi connectivity index (χ1n) is 8.71. The van der Waals surface area contributed by atoms with Gasteiger partial charge in [-0.3, -0.25) is 0 Å². The van der Waals surface area contributed by atoms with Crippen LogP contribution in [-0.4, -0.2) is 0 Å². The maximum absolute atomic E-state index is 13.9. The number of allylic oxidation sites excluding steroid dienone is 3. The Morgan fingerprint density at radius 2 is 2.00 bits per heavy atom. The van der Waals surface area contributed by atoms with Crippen molar-refractivity contribution in [3.8, 4) is 6.07 Å². The van der Waals surface area contributed by atoms with E-state index < -0.39 is 0 Å². The van der Waals surface area contributed by atoms with Crippen LogP contribution in [0, 0.1) is 23.1 Å². The number of rotatable bonds is 4. The molecule has 2 atom stereocenters. The van der Waals surface area contributed by atoms with Crippen LogP contribution in [0.25, 0.3) is 0 Å². The highest BCUT2D eigenvalue weighted by atomic mass is 19.1. The smallest absolute Gasteiger partial charge is 0.141 e. The summed E-state index contributed by atoms with van der Waals surface area (Å²) in [6.45, 7) is 3.83. The molecule has 0 aliphatic heterocycles. The predicted molar refractivity (Wildman–Crippen MR) is 91.5 cm³/mol. The fourth-order valence-corrected chi connectivity index (χ4v) is 4.18. The Bertz CT molecular complexity index is 665. The summed E-state index contributed by atoms with van der Waals surface area (Å²) in [5, 5.41) is 8.86. The molecular formula is C21H24FN. The lowest BCUT2D eigenvalue weighted by Gasteiger charge is -2.34. The Labute approximate surface area is 138 Å². The van der Waals surface area contributed by atoms with Crippen molar-refractivity contribution in [1.82, 2.24) is 0 Å². The summed E-state index contributed by atoms with van der Waals surface area (Å²) < 4.78 is 13.9. The van der Waals surface area contributed by atoms with Gasteiger partial charge in [0.1, 0.15) is 11.9 Å². The monoisotopic (exact) mass is 309 g/mol. The van der Waals surface area contributed by atoms with Crippen LogP contribution >= 0.6 is 0 Å². The van der Waals surface area contributed by atoms with E-state index >= 15 is 0 Å². The first-order valence-corrected chi connectivity index (χ1v) is 8.71. The molecule has 23 heavy (non-hydrogen) atoms. The minimum Gasteiger partial charge on any atom is -0.206 e. The molecule has 0 saturated carbocycles. The summed E-state index contributed by atoms with van der Waals surface area (Å²) in [5.74, 6) is 0.870. The van der Waals surface area contributed by atoms with Gasteiger partial charge in [-0.2, -0.15) is 5.26 Å². The van der Waals surface area contributed by atoms with Crippen molar-refractivity contribution in [3.05, 3.63) is 58.9 Å². The van der Waals surface area contributed by atoms with Crippen LogP contribution in [0.15, 0.2) is 42.0 Å². The quantitative estimate of drug-likeness (QED) is 0.623. The van der Waals surface area contributed by atoms with Crippen molar-refractivity contribution in [1.29, 1.82) is 5.26 Å². The van der Waals surface area contributed by atoms with Crippen molar-refractivity contribution in [3.63, 3.8) is 0 Å². The Morgan fingerprint density at radius 3 is 2.74 bits per heavy atom. The highest BCUT2D eigenvalue weighted by Gasteiger charge is 2.27. The largest absolute Gasteiger partial charge is 0.206 e. The van der Waals surface area contributed by atoms with Gasteiger partial charge in [0.25, 0.3) is 0 Å². The topological polar surface area (TPSA) is 23.8 Å². The first-order chi connectivity index (χ1) is 11.2. The molecule has 2 heteroatoms. The fraction of sp³-hybridized carbons (Fsp3) is 0.476. The number of nitriles is 1. The van der Waals surface area contributed by atoms with Crippen molar-refractivity contribution in [2.75, 3.05) is 0 Å². The maximum atomic E-state index is 13.9.